The van der Waals surface area contributed by atoms with Gasteiger partial charge in [-0.25, -0.2) is 14.8 Å². The van der Waals surface area contributed by atoms with Gasteiger partial charge in [-0.1, -0.05) is 12.1 Å². The van der Waals surface area contributed by atoms with Crippen molar-refractivity contribution in [2.45, 2.75) is 6.92 Å². The monoisotopic (exact) mass is 387 g/mol. The number of rotatable bonds is 5. The number of ether oxygens (including phenoxy) is 2. The maximum Gasteiger partial charge on any atom is 0.338 e. The average molecular weight is 387 g/mol. The molecule has 29 heavy (non-hydrogen) atoms. The van der Waals surface area contributed by atoms with Crippen LogP contribution in [-0.4, -0.2) is 27.5 Å². The topological polar surface area (TPSA) is 94.2 Å². The Balaban J connectivity index is 1.57. The molecule has 7 nitrogen and oxygen atoms in total. The number of esters is 1. The number of aromatic nitrogens is 3. The zero-order chi connectivity index (χ0) is 20.2. The molecular weight excluding hydrogens is 370 g/mol. The highest BCUT2D eigenvalue weighted by Crippen LogP contribution is 2.24. The second kappa shape index (κ2) is 7.93. The summed E-state index contributed by atoms with van der Waals surface area (Å²) in [6, 6.07) is 17.3. The maximum atomic E-state index is 12.2. The van der Waals surface area contributed by atoms with Crippen molar-refractivity contribution in [3.8, 4) is 23.0 Å². The first-order chi connectivity index (χ1) is 14.1. The van der Waals surface area contributed by atoms with Gasteiger partial charge in [-0.15, -0.1) is 0 Å². The first-order valence-electron chi connectivity index (χ1n) is 9.04. The number of H-pyrrole nitrogens is 1. The van der Waals surface area contributed by atoms with E-state index in [-0.39, 0.29) is 11.4 Å². The third-order valence-electron chi connectivity index (χ3n) is 4.21. The number of carbonyl (C=O) groups is 1. The Morgan fingerprint density at radius 1 is 1.07 bits per heavy atom. The van der Waals surface area contributed by atoms with Gasteiger partial charge in [0.2, 0.25) is 5.88 Å². The molecule has 4 aromatic rings. The average Bonchev–Trinajstić information content (AvgIpc) is 2.75. The van der Waals surface area contributed by atoms with Gasteiger partial charge in [0.05, 0.1) is 23.1 Å². The van der Waals surface area contributed by atoms with Crippen molar-refractivity contribution >= 4 is 16.9 Å². The molecule has 0 radical (unpaired) electrons. The Kier molecular flexibility index (Phi) is 5.03. The number of carbonyl (C=O) groups excluding carboxylic acids is 1. The van der Waals surface area contributed by atoms with Crippen molar-refractivity contribution in [3.63, 3.8) is 0 Å². The molecule has 0 saturated carbocycles. The lowest BCUT2D eigenvalue weighted by Crippen LogP contribution is -2.09. The molecule has 2 aromatic carbocycles. The van der Waals surface area contributed by atoms with E-state index in [4.69, 9.17) is 9.47 Å². The molecular formula is C22H17N3O4. The zero-order valence-corrected chi connectivity index (χ0v) is 15.6. The number of nitrogens with zero attached hydrogens (tertiary/aromatic N) is 2. The summed E-state index contributed by atoms with van der Waals surface area (Å²) in [4.78, 5) is 35.5. The predicted octanol–water partition coefficient (Wildman–Crippen LogP) is 3.95. The fourth-order valence-electron chi connectivity index (χ4n) is 2.83. The van der Waals surface area contributed by atoms with E-state index in [1.807, 2.05) is 6.07 Å². The molecule has 0 aliphatic heterocycles. The van der Waals surface area contributed by atoms with Crippen LogP contribution in [0, 0.1) is 0 Å². The van der Waals surface area contributed by atoms with Gasteiger partial charge >= 0.3 is 5.97 Å². The van der Waals surface area contributed by atoms with Gasteiger partial charge in [-0.05, 0) is 49.4 Å². The lowest BCUT2D eigenvalue weighted by atomic mass is 10.2. The van der Waals surface area contributed by atoms with Crippen molar-refractivity contribution in [2.24, 2.45) is 0 Å². The molecule has 0 aliphatic carbocycles. The quantitative estimate of drug-likeness (QED) is 0.521. The van der Waals surface area contributed by atoms with E-state index >= 15 is 0 Å². The van der Waals surface area contributed by atoms with Crippen LogP contribution in [0.25, 0.3) is 22.3 Å². The maximum absolute atomic E-state index is 12.2. The van der Waals surface area contributed by atoms with Crippen LogP contribution < -0.4 is 10.3 Å². The lowest BCUT2D eigenvalue weighted by Gasteiger charge is -2.08. The van der Waals surface area contributed by atoms with Crippen LogP contribution in [0.1, 0.15) is 17.3 Å². The van der Waals surface area contributed by atoms with Crippen molar-refractivity contribution in [1.82, 2.24) is 15.0 Å². The fraction of sp³-hybridized carbons (Fsp3) is 0.0909. The van der Waals surface area contributed by atoms with Crippen LogP contribution in [0.4, 0.5) is 0 Å². The molecule has 1 N–H and O–H groups in total. The molecule has 0 spiro atoms. The molecule has 0 bridgehead atoms. The standard InChI is InChI=1S/C22H17N3O4/c1-2-28-22(27)15-11-12-23-19(13-15)29-16-9-7-14(8-10-16)20-24-18-6-4-3-5-17(18)21(26)25-20/h3-13H,2H2,1H3,(H,24,25,26). The number of pyridine rings is 1. The van der Waals surface area contributed by atoms with E-state index in [0.29, 0.717) is 34.6 Å². The minimum absolute atomic E-state index is 0.189. The van der Waals surface area contributed by atoms with Crippen LogP contribution in [0.2, 0.25) is 0 Å². The third kappa shape index (κ3) is 3.98. The molecule has 4 rings (SSSR count). The number of para-hydroxylation sites is 1. The van der Waals surface area contributed by atoms with Gasteiger partial charge in [0, 0.05) is 17.8 Å². The van der Waals surface area contributed by atoms with Crippen molar-refractivity contribution in [1.29, 1.82) is 0 Å². The summed E-state index contributed by atoms with van der Waals surface area (Å²) in [7, 11) is 0. The Bertz CT molecular complexity index is 1230. The number of hydrogen-bond acceptors (Lipinski definition) is 6. The molecule has 2 heterocycles. The second-order valence-corrected chi connectivity index (χ2v) is 6.16. The summed E-state index contributed by atoms with van der Waals surface area (Å²) in [6.07, 6.45) is 1.49. The molecule has 0 unspecified atom stereocenters. The van der Waals surface area contributed by atoms with Gasteiger partial charge in [0.1, 0.15) is 11.6 Å². The number of aromatic amines is 1. The fourth-order valence-corrected chi connectivity index (χ4v) is 2.83. The number of benzene rings is 2. The van der Waals surface area contributed by atoms with Crippen molar-refractivity contribution in [2.75, 3.05) is 6.61 Å². The highest BCUT2D eigenvalue weighted by Gasteiger charge is 2.10. The van der Waals surface area contributed by atoms with Gasteiger partial charge < -0.3 is 14.5 Å². The second-order valence-electron chi connectivity index (χ2n) is 6.16. The molecule has 144 valence electrons. The first-order valence-corrected chi connectivity index (χ1v) is 9.04. The normalized spacial score (nSPS) is 10.7. The summed E-state index contributed by atoms with van der Waals surface area (Å²) in [6.45, 7) is 2.04. The highest BCUT2D eigenvalue weighted by molar-refractivity contribution is 5.89. The van der Waals surface area contributed by atoms with Crippen LogP contribution >= 0.6 is 0 Å². The smallest absolute Gasteiger partial charge is 0.338 e. The van der Waals surface area contributed by atoms with Crippen LogP contribution in [-0.2, 0) is 4.74 Å². The van der Waals surface area contributed by atoms with Gasteiger partial charge in [0.15, 0.2) is 0 Å². The predicted molar refractivity (Wildman–Crippen MR) is 108 cm³/mol. The number of nitrogens with one attached hydrogen (secondary N) is 1. The molecule has 0 fully saturated rings. The molecule has 7 heteroatoms. The van der Waals surface area contributed by atoms with E-state index < -0.39 is 5.97 Å². The molecule has 0 aliphatic rings. The van der Waals surface area contributed by atoms with Crippen molar-refractivity contribution in [3.05, 3.63) is 82.8 Å². The minimum Gasteiger partial charge on any atom is -0.462 e. The SMILES string of the molecule is CCOC(=O)c1ccnc(Oc2ccc(-c3nc4ccccc4c(=O)[nH]3)cc2)c1. The lowest BCUT2D eigenvalue weighted by molar-refractivity contribution is 0.0526. The van der Waals surface area contributed by atoms with Crippen LogP contribution in [0.15, 0.2) is 71.7 Å². The van der Waals surface area contributed by atoms with Crippen LogP contribution in [0.3, 0.4) is 0 Å². The Labute approximate surface area is 166 Å². The number of fused-ring (bicyclic) bond motifs is 1. The van der Waals surface area contributed by atoms with E-state index in [2.05, 4.69) is 15.0 Å². The highest BCUT2D eigenvalue weighted by atomic mass is 16.5. The van der Waals surface area contributed by atoms with Gasteiger partial charge in [-0.2, -0.15) is 0 Å². The molecule has 2 aromatic heterocycles. The summed E-state index contributed by atoms with van der Waals surface area (Å²) < 4.78 is 10.7. The molecule has 0 amide bonds. The Morgan fingerprint density at radius 3 is 2.66 bits per heavy atom. The van der Waals surface area contributed by atoms with Gasteiger partial charge in [-0.3, -0.25) is 4.79 Å². The molecule has 0 atom stereocenters. The minimum atomic E-state index is -0.429. The van der Waals surface area contributed by atoms with E-state index in [1.165, 1.54) is 12.3 Å². The summed E-state index contributed by atoms with van der Waals surface area (Å²) in [5.74, 6) is 0.857. The van der Waals surface area contributed by atoms with E-state index in [1.54, 1.807) is 55.5 Å². The van der Waals surface area contributed by atoms with Gasteiger partial charge in [0.25, 0.3) is 5.56 Å². The van der Waals surface area contributed by atoms with E-state index in [9.17, 15) is 9.59 Å². The third-order valence-corrected chi connectivity index (χ3v) is 4.21. The summed E-state index contributed by atoms with van der Waals surface area (Å²) >= 11 is 0. The zero-order valence-electron chi connectivity index (χ0n) is 15.6. The molecule has 0 saturated heterocycles. The van der Waals surface area contributed by atoms with Crippen LogP contribution in [0.5, 0.6) is 11.6 Å². The summed E-state index contributed by atoms with van der Waals surface area (Å²) in [5, 5.41) is 0.545. The van der Waals surface area contributed by atoms with Crippen molar-refractivity contribution < 1.29 is 14.3 Å². The Morgan fingerprint density at radius 2 is 1.86 bits per heavy atom. The number of hydrogen-bond donors (Lipinski definition) is 1. The Hall–Kier alpha value is -4.00. The largest absolute Gasteiger partial charge is 0.462 e. The first kappa shape index (κ1) is 18.4. The van der Waals surface area contributed by atoms with E-state index in [0.717, 1.165) is 5.56 Å². The summed E-state index contributed by atoms with van der Waals surface area (Å²) in [5.41, 5.74) is 1.55.